The van der Waals surface area contributed by atoms with Crippen LogP contribution in [-0.4, -0.2) is 46.7 Å². The third-order valence-corrected chi connectivity index (χ3v) is 6.56. The second-order valence-electron chi connectivity index (χ2n) is 7.83. The molecular formula is C27H28N4O3S. The summed E-state index contributed by atoms with van der Waals surface area (Å²) in [6.45, 7) is 2.45. The maximum Gasteiger partial charge on any atom is 0.233 e. The summed E-state index contributed by atoms with van der Waals surface area (Å²) in [6, 6.07) is 25.4. The lowest BCUT2D eigenvalue weighted by molar-refractivity contribution is -0.120. The van der Waals surface area contributed by atoms with Crippen molar-refractivity contribution in [1.82, 2.24) is 20.1 Å². The first kappa shape index (κ1) is 24.3. The standard InChI is InChI=1S/C27H28N4O3S/c1-19(26(32)28-18-17-20-9-5-4-6-10-20)35-27-30-29-25(23-11-7-8-12-24(23)34-3)31(27)21-13-15-22(33-2)16-14-21/h4-16,19H,17-18H2,1-3H3,(H,28,32). The van der Waals surface area contributed by atoms with E-state index < -0.39 is 0 Å². The molecule has 1 N–H and O–H groups in total. The summed E-state index contributed by atoms with van der Waals surface area (Å²) in [5.74, 6) is 2.03. The molecule has 0 aliphatic rings. The molecule has 180 valence electrons. The van der Waals surface area contributed by atoms with Crippen LogP contribution in [0.15, 0.2) is 84.0 Å². The van der Waals surface area contributed by atoms with Gasteiger partial charge in [-0.1, -0.05) is 54.2 Å². The van der Waals surface area contributed by atoms with Gasteiger partial charge in [0.15, 0.2) is 11.0 Å². The Balaban J connectivity index is 1.58. The fraction of sp³-hybridized carbons (Fsp3) is 0.222. The van der Waals surface area contributed by atoms with Crippen molar-refractivity contribution in [3.63, 3.8) is 0 Å². The number of benzene rings is 3. The highest BCUT2D eigenvalue weighted by molar-refractivity contribution is 8.00. The fourth-order valence-corrected chi connectivity index (χ4v) is 4.54. The smallest absolute Gasteiger partial charge is 0.233 e. The second-order valence-corrected chi connectivity index (χ2v) is 9.13. The van der Waals surface area contributed by atoms with Crippen LogP contribution in [0, 0.1) is 0 Å². The second kappa shape index (κ2) is 11.6. The average molecular weight is 489 g/mol. The molecule has 3 aromatic carbocycles. The number of ether oxygens (including phenoxy) is 2. The number of amides is 1. The van der Waals surface area contributed by atoms with E-state index in [0.29, 0.717) is 23.3 Å². The van der Waals surface area contributed by atoms with Crippen LogP contribution in [0.1, 0.15) is 12.5 Å². The molecule has 1 aromatic heterocycles. The molecule has 1 amide bonds. The number of hydrogen-bond acceptors (Lipinski definition) is 6. The molecule has 1 atom stereocenters. The summed E-state index contributed by atoms with van der Waals surface area (Å²) < 4.78 is 12.8. The zero-order chi connectivity index (χ0) is 24.6. The highest BCUT2D eigenvalue weighted by Gasteiger charge is 2.23. The number of aromatic nitrogens is 3. The number of methoxy groups -OCH3 is 2. The van der Waals surface area contributed by atoms with Gasteiger partial charge in [-0.05, 0) is 55.3 Å². The van der Waals surface area contributed by atoms with Gasteiger partial charge in [-0.25, -0.2) is 0 Å². The predicted octanol–water partition coefficient (Wildman–Crippen LogP) is 4.79. The van der Waals surface area contributed by atoms with Crippen molar-refractivity contribution in [3.8, 4) is 28.6 Å². The predicted molar refractivity (Wildman–Crippen MR) is 138 cm³/mol. The van der Waals surface area contributed by atoms with Crippen LogP contribution in [-0.2, 0) is 11.2 Å². The molecule has 0 aliphatic heterocycles. The molecule has 0 saturated heterocycles. The first-order valence-electron chi connectivity index (χ1n) is 11.3. The zero-order valence-corrected chi connectivity index (χ0v) is 20.8. The number of rotatable bonds is 10. The summed E-state index contributed by atoms with van der Waals surface area (Å²) >= 11 is 1.36. The van der Waals surface area contributed by atoms with Crippen LogP contribution in [0.2, 0.25) is 0 Å². The van der Waals surface area contributed by atoms with Crippen molar-refractivity contribution in [3.05, 3.63) is 84.4 Å². The Morgan fingerprint density at radius 1 is 0.943 bits per heavy atom. The minimum atomic E-state index is -0.363. The molecule has 7 nitrogen and oxygen atoms in total. The van der Waals surface area contributed by atoms with Crippen molar-refractivity contribution >= 4 is 17.7 Å². The number of hydrogen-bond donors (Lipinski definition) is 1. The van der Waals surface area contributed by atoms with Gasteiger partial charge in [0, 0.05) is 6.54 Å². The molecule has 1 heterocycles. The Morgan fingerprint density at radius 2 is 1.66 bits per heavy atom. The molecule has 1 unspecified atom stereocenters. The maximum absolute atomic E-state index is 12.8. The first-order chi connectivity index (χ1) is 17.1. The van der Waals surface area contributed by atoms with Crippen LogP contribution in [0.25, 0.3) is 17.1 Å². The lowest BCUT2D eigenvalue weighted by atomic mass is 10.1. The minimum Gasteiger partial charge on any atom is -0.497 e. The van der Waals surface area contributed by atoms with E-state index in [1.54, 1.807) is 14.2 Å². The van der Waals surface area contributed by atoms with Gasteiger partial charge in [0.05, 0.1) is 30.7 Å². The molecule has 4 rings (SSSR count). The van der Waals surface area contributed by atoms with Gasteiger partial charge in [-0.3, -0.25) is 9.36 Å². The van der Waals surface area contributed by atoms with Crippen LogP contribution in [0.3, 0.4) is 0 Å². The molecular weight excluding hydrogens is 460 g/mol. The Hall–Kier alpha value is -3.78. The third-order valence-electron chi connectivity index (χ3n) is 5.52. The average Bonchev–Trinajstić information content (AvgIpc) is 3.32. The number of nitrogens with one attached hydrogen (secondary N) is 1. The molecule has 0 aliphatic carbocycles. The van der Waals surface area contributed by atoms with Crippen molar-refractivity contribution in [2.45, 2.75) is 23.8 Å². The van der Waals surface area contributed by atoms with Gasteiger partial charge in [-0.2, -0.15) is 0 Å². The Labute approximate surface area is 209 Å². The van der Waals surface area contributed by atoms with E-state index >= 15 is 0 Å². The molecule has 0 bridgehead atoms. The van der Waals surface area contributed by atoms with E-state index in [1.165, 1.54) is 17.3 Å². The fourth-order valence-electron chi connectivity index (χ4n) is 3.64. The van der Waals surface area contributed by atoms with E-state index in [1.807, 2.05) is 78.2 Å². The normalized spacial score (nSPS) is 11.6. The Kier molecular flexibility index (Phi) is 8.05. The van der Waals surface area contributed by atoms with Gasteiger partial charge in [0.25, 0.3) is 0 Å². The Morgan fingerprint density at radius 3 is 2.37 bits per heavy atom. The van der Waals surface area contributed by atoms with Gasteiger partial charge < -0.3 is 14.8 Å². The summed E-state index contributed by atoms with van der Waals surface area (Å²) in [7, 11) is 3.26. The monoisotopic (exact) mass is 488 g/mol. The van der Waals surface area contributed by atoms with Gasteiger partial charge >= 0.3 is 0 Å². The van der Waals surface area contributed by atoms with Crippen molar-refractivity contribution in [1.29, 1.82) is 0 Å². The van der Waals surface area contributed by atoms with Crippen molar-refractivity contribution in [2.75, 3.05) is 20.8 Å². The summed E-state index contributed by atoms with van der Waals surface area (Å²) in [4.78, 5) is 12.8. The van der Waals surface area contributed by atoms with Crippen LogP contribution in [0.5, 0.6) is 11.5 Å². The topological polar surface area (TPSA) is 78.3 Å². The molecule has 8 heteroatoms. The lowest BCUT2D eigenvalue weighted by Crippen LogP contribution is -2.32. The van der Waals surface area contributed by atoms with E-state index in [-0.39, 0.29) is 11.2 Å². The maximum atomic E-state index is 12.8. The third kappa shape index (κ3) is 5.84. The quantitative estimate of drug-likeness (QED) is 0.323. The molecule has 0 fully saturated rings. The summed E-state index contributed by atoms with van der Waals surface area (Å²) in [6.07, 6.45) is 0.782. The number of para-hydroxylation sites is 1. The zero-order valence-electron chi connectivity index (χ0n) is 20.0. The molecule has 0 spiro atoms. The van der Waals surface area contributed by atoms with Gasteiger partial charge in [0.1, 0.15) is 11.5 Å². The van der Waals surface area contributed by atoms with E-state index in [4.69, 9.17) is 9.47 Å². The molecule has 0 saturated carbocycles. The van der Waals surface area contributed by atoms with Crippen molar-refractivity contribution < 1.29 is 14.3 Å². The summed E-state index contributed by atoms with van der Waals surface area (Å²) in [5.41, 5.74) is 2.86. The first-order valence-corrected chi connectivity index (χ1v) is 12.2. The highest BCUT2D eigenvalue weighted by Crippen LogP contribution is 2.34. The van der Waals surface area contributed by atoms with Gasteiger partial charge in [-0.15, -0.1) is 10.2 Å². The molecule has 35 heavy (non-hydrogen) atoms. The summed E-state index contributed by atoms with van der Waals surface area (Å²) in [5, 5.41) is 12.2. The van der Waals surface area contributed by atoms with Crippen LogP contribution < -0.4 is 14.8 Å². The minimum absolute atomic E-state index is 0.0472. The van der Waals surface area contributed by atoms with Gasteiger partial charge in [0.2, 0.25) is 5.91 Å². The van der Waals surface area contributed by atoms with Crippen molar-refractivity contribution in [2.24, 2.45) is 0 Å². The number of thioether (sulfide) groups is 1. The largest absolute Gasteiger partial charge is 0.497 e. The lowest BCUT2D eigenvalue weighted by Gasteiger charge is -2.15. The van der Waals surface area contributed by atoms with E-state index in [9.17, 15) is 4.79 Å². The number of nitrogens with zero attached hydrogens (tertiary/aromatic N) is 3. The van der Waals surface area contributed by atoms with Crippen LogP contribution in [0.4, 0.5) is 0 Å². The number of carbonyl (C=O) groups is 1. The van der Waals surface area contributed by atoms with E-state index in [0.717, 1.165) is 23.4 Å². The molecule has 4 aromatic rings. The SMILES string of the molecule is COc1ccc(-n2c(SC(C)C(=O)NCCc3ccccc3)nnc2-c2ccccc2OC)cc1. The molecule has 0 radical (unpaired) electrons. The number of carbonyl (C=O) groups excluding carboxylic acids is 1. The van der Waals surface area contributed by atoms with E-state index in [2.05, 4.69) is 27.6 Å². The highest BCUT2D eigenvalue weighted by atomic mass is 32.2. The Bertz CT molecular complexity index is 1260. The van der Waals surface area contributed by atoms with Crippen LogP contribution >= 0.6 is 11.8 Å².